The van der Waals surface area contributed by atoms with Gasteiger partial charge in [-0.15, -0.1) is 0 Å². The first-order valence-electron chi connectivity index (χ1n) is 8.11. The molecule has 0 fully saturated rings. The Hall–Kier alpha value is -2.87. The van der Waals surface area contributed by atoms with E-state index in [1.54, 1.807) is 63.2 Å². The fraction of sp³-hybridized carbons (Fsp3) is 0.211. The molecule has 142 valence electrons. The second kappa shape index (κ2) is 8.68. The van der Waals surface area contributed by atoms with Crippen molar-refractivity contribution in [2.45, 2.75) is 26.4 Å². The van der Waals surface area contributed by atoms with Gasteiger partial charge in [-0.3, -0.25) is 25.8 Å². The number of hydrogen-bond acceptors (Lipinski definition) is 4. The lowest BCUT2D eigenvalue weighted by Gasteiger charge is -2.19. The Morgan fingerprint density at radius 2 is 1.59 bits per heavy atom. The highest BCUT2D eigenvalue weighted by atomic mass is 79.9. The summed E-state index contributed by atoms with van der Waals surface area (Å²) in [6, 6.07) is 13.1. The monoisotopic (exact) mass is 433 g/mol. The van der Waals surface area contributed by atoms with E-state index in [9.17, 15) is 14.4 Å². The van der Waals surface area contributed by atoms with Crippen molar-refractivity contribution in [3.63, 3.8) is 0 Å². The molecule has 0 heterocycles. The van der Waals surface area contributed by atoms with E-state index in [0.29, 0.717) is 15.7 Å². The van der Waals surface area contributed by atoms with Gasteiger partial charge in [0.2, 0.25) is 0 Å². The largest absolute Gasteiger partial charge is 0.444 e. The molecule has 3 N–H and O–H groups in total. The van der Waals surface area contributed by atoms with Crippen molar-refractivity contribution in [2.75, 3.05) is 5.32 Å². The maximum Gasteiger partial charge on any atom is 0.412 e. The summed E-state index contributed by atoms with van der Waals surface area (Å²) in [6.45, 7) is 5.26. The molecule has 8 heteroatoms. The Labute approximate surface area is 165 Å². The third-order valence-electron chi connectivity index (χ3n) is 3.18. The lowest BCUT2D eigenvalue weighted by molar-refractivity contribution is 0.0635. The smallest absolute Gasteiger partial charge is 0.412 e. The van der Waals surface area contributed by atoms with Gasteiger partial charge in [-0.05, 0) is 67.0 Å². The number of carbonyl (C=O) groups excluding carboxylic acids is 3. The molecule has 0 bridgehead atoms. The van der Waals surface area contributed by atoms with Gasteiger partial charge in [-0.1, -0.05) is 18.2 Å². The first-order chi connectivity index (χ1) is 12.7. The van der Waals surface area contributed by atoms with E-state index < -0.39 is 23.5 Å². The zero-order chi connectivity index (χ0) is 20.0. The van der Waals surface area contributed by atoms with Crippen molar-refractivity contribution >= 4 is 39.5 Å². The average molecular weight is 434 g/mol. The molecule has 0 aliphatic carbocycles. The maximum absolute atomic E-state index is 12.3. The minimum atomic E-state index is -0.630. The molecule has 0 saturated carbocycles. The number of hydrazine groups is 1. The van der Waals surface area contributed by atoms with Crippen molar-refractivity contribution < 1.29 is 19.1 Å². The molecule has 0 spiro atoms. The van der Waals surface area contributed by atoms with Crippen molar-refractivity contribution in [3.05, 3.63) is 64.1 Å². The van der Waals surface area contributed by atoms with Crippen LogP contribution < -0.4 is 16.2 Å². The van der Waals surface area contributed by atoms with Crippen LogP contribution in [0.2, 0.25) is 0 Å². The van der Waals surface area contributed by atoms with Gasteiger partial charge in [0, 0.05) is 15.7 Å². The second-order valence-corrected chi connectivity index (χ2v) is 7.45. The zero-order valence-electron chi connectivity index (χ0n) is 15.1. The molecule has 2 aromatic rings. The number of hydrogen-bond donors (Lipinski definition) is 3. The molecule has 2 aromatic carbocycles. The number of benzene rings is 2. The van der Waals surface area contributed by atoms with Gasteiger partial charge in [0.05, 0.1) is 5.56 Å². The quantitative estimate of drug-likeness (QED) is 0.639. The van der Waals surface area contributed by atoms with Gasteiger partial charge < -0.3 is 4.74 Å². The van der Waals surface area contributed by atoms with E-state index in [2.05, 4.69) is 32.1 Å². The van der Waals surface area contributed by atoms with E-state index in [1.165, 1.54) is 6.07 Å². The molecule has 3 amide bonds. The van der Waals surface area contributed by atoms with Crippen LogP contribution in [0.4, 0.5) is 10.5 Å². The Morgan fingerprint density at radius 3 is 2.26 bits per heavy atom. The molecule has 2 rings (SSSR count). The van der Waals surface area contributed by atoms with Gasteiger partial charge in [-0.2, -0.15) is 0 Å². The third-order valence-corrected chi connectivity index (χ3v) is 3.87. The van der Waals surface area contributed by atoms with Crippen molar-refractivity contribution in [2.24, 2.45) is 0 Å². The van der Waals surface area contributed by atoms with Crippen molar-refractivity contribution in [1.82, 2.24) is 10.9 Å². The Balaban J connectivity index is 1.98. The maximum atomic E-state index is 12.3. The van der Waals surface area contributed by atoms with E-state index in [4.69, 9.17) is 4.74 Å². The minimum absolute atomic E-state index is 0.260. The second-order valence-electron chi connectivity index (χ2n) is 6.60. The number of ether oxygens (including phenoxy) is 1. The van der Waals surface area contributed by atoms with Crippen LogP contribution in [-0.2, 0) is 4.74 Å². The van der Waals surface area contributed by atoms with Gasteiger partial charge >= 0.3 is 6.09 Å². The SMILES string of the molecule is CC(C)(C)OC(=O)Nc1cccc(C(=O)NNC(=O)c2ccccc2Br)c1. The van der Waals surface area contributed by atoms with Crippen LogP contribution in [0.1, 0.15) is 41.5 Å². The number of rotatable bonds is 3. The topological polar surface area (TPSA) is 96.5 Å². The number of nitrogens with one attached hydrogen (secondary N) is 3. The lowest BCUT2D eigenvalue weighted by Crippen LogP contribution is -2.41. The van der Waals surface area contributed by atoms with Crippen LogP contribution in [0.5, 0.6) is 0 Å². The molecule has 27 heavy (non-hydrogen) atoms. The van der Waals surface area contributed by atoms with Gasteiger partial charge in [0.25, 0.3) is 11.8 Å². The first-order valence-corrected chi connectivity index (χ1v) is 8.90. The fourth-order valence-electron chi connectivity index (χ4n) is 2.06. The Morgan fingerprint density at radius 1 is 0.926 bits per heavy atom. The molecule has 0 radical (unpaired) electrons. The van der Waals surface area contributed by atoms with Gasteiger partial charge in [-0.25, -0.2) is 4.79 Å². The molecule has 0 atom stereocenters. The molecule has 0 aliphatic heterocycles. The fourth-order valence-corrected chi connectivity index (χ4v) is 2.52. The molecule has 7 nitrogen and oxygen atoms in total. The Bertz CT molecular complexity index is 862. The molecular formula is C19H20BrN3O4. The van der Waals surface area contributed by atoms with Crippen LogP contribution in [0, 0.1) is 0 Å². The molecule has 0 unspecified atom stereocenters. The minimum Gasteiger partial charge on any atom is -0.444 e. The van der Waals surface area contributed by atoms with E-state index in [0.717, 1.165) is 0 Å². The zero-order valence-corrected chi connectivity index (χ0v) is 16.7. The number of halogens is 1. The summed E-state index contributed by atoms with van der Waals surface area (Å²) in [5, 5.41) is 2.56. The van der Waals surface area contributed by atoms with Crippen molar-refractivity contribution in [3.8, 4) is 0 Å². The molecule has 0 aromatic heterocycles. The highest BCUT2D eigenvalue weighted by Crippen LogP contribution is 2.16. The molecule has 0 aliphatic rings. The van der Waals surface area contributed by atoms with Crippen LogP contribution in [0.25, 0.3) is 0 Å². The summed E-state index contributed by atoms with van der Waals surface area (Å²) in [4.78, 5) is 36.2. The normalized spacial score (nSPS) is 10.7. The van der Waals surface area contributed by atoms with Crippen LogP contribution in [0.15, 0.2) is 53.0 Å². The highest BCUT2D eigenvalue weighted by molar-refractivity contribution is 9.10. The van der Waals surface area contributed by atoms with E-state index in [1.807, 2.05) is 0 Å². The molecular weight excluding hydrogens is 414 g/mol. The predicted molar refractivity (Wildman–Crippen MR) is 105 cm³/mol. The lowest BCUT2D eigenvalue weighted by atomic mass is 10.2. The van der Waals surface area contributed by atoms with Crippen LogP contribution in [-0.4, -0.2) is 23.5 Å². The number of amides is 3. The summed E-state index contributed by atoms with van der Waals surface area (Å²) >= 11 is 3.28. The summed E-state index contributed by atoms with van der Waals surface area (Å²) in [6.07, 6.45) is -0.623. The predicted octanol–water partition coefficient (Wildman–Crippen LogP) is 3.87. The van der Waals surface area contributed by atoms with Crippen LogP contribution in [0.3, 0.4) is 0 Å². The van der Waals surface area contributed by atoms with E-state index >= 15 is 0 Å². The van der Waals surface area contributed by atoms with Gasteiger partial charge in [0.15, 0.2) is 0 Å². The molecule has 0 saturated heterocycles. The summed E-state index contributed by atoms with van der Waals surface area (Å²) in [5.74, 6) is -0.984. The Kier molecular flexibility index (Phi) is 6.57. The number of anilines is 1. The van der Waals surface area contributed by atoms with Crippen LogP contribution >= 0.6 is 15.9 Å². The average Bonchev–Trinajstić information content (AvgIpc) is 2.58. The third kappa shape index (κ3) is 6.41. The highest BCUT2D eigenvalue weighted by Gasteiger charge is 2.17. The summed E-state index contributed by atoms with van der Waals surface area (Å²) in [5.41, 5.74) is 5.10. The number of carbonyl (C=O) groups is 3. The van der Waals surface area contributed by atoms with Crippen molar-refractivity contribution in [1.29, 1.82) is 0 Å². The summed E-state index contributed by atoms with van der Waals surface area (Å²) in [7, 11) is 0. The first kappa shape index (κ1) is 20.4. The van der Waals surface area contributed by atoms with E-state index in [-0.39, 0.29) is 5.56 Å². The summed E-state index contributed by atoms with van der Waals surface area (Å²) < 4.78 is 5.78. The standard InChI is InChI=1S/C19H20BrN3O4/c1-19(2,3)27-18(26)21-13-8-6-7-12(11-13)16(24)22-23-17(25)14-9-4-5-10-15(14)20/h4-11H,1-3H3,(H,21,26)(H,22,24)(H,23,25). The van der Waals surface area contributed by atoms with Gasteiger partial charge in [0.1, 0.15) is 5.60 Å².